The number of aromatic amines is 1. The fourth-order valence-corrected chi connectivity index (χ4v) is 2.08. The number of primary amides is 1. The van der Waals surface area contributed by atoms with Crippen molar-refractivity contribution in [1.82, 2.24) is 10.2 Å². The lowest BCUT2D eigenvalue weighted by molar-refractivity contribution is 0.100. The van der Waals surface area contributed by atoms with E-state index < -0.39 is 5.91 Å². The molecule has 0 spiro atoms. The van der Waals surface area contributed by atoms with E-state index in [2.05, 4.69) is 15.5 Å². The summed E-state index contributed by atoms with van der Waals surface area (Å²) in [6.45, 7) is 0.620. The van der Waals surface area contributed by atoms with Gasteiger partial charge in [-0.05, 0) is 6.07 Å². The second kappa shape index (κ2) is 4.23. The summed E-state index contributed by atoms with van der Waals surface area (Å²) in [5.74, 6) is -0.501. The molecule has 0 radical (unpaired) electrons. The molecule has 2 heterocycles. The van der Waals surface area contributed by atoms with Gasteiger partial charge in [-0.1, -0.05) is 0 Å². The highest BCUT2D eigenvalue weighted by Gasteiger charge is 2.10. The van der Waals surface area contributed by atoms with E-state index in [0.29, 0.717) is 17.1 Å². The summed E-state index contributed by atoms with van der Waals surface area (Å²) < 4.78 is 0. The van der Waals surface area contributed by atoms with Crippen LogP contribution in [0.3, 0.4) is 0 Å². The monoisotopic (exact) mass is 237 g/mol. The summed E-state index contributed by atoms with van der Waals surface area (Å²) in [7, 11) is 0. The van der Waals surface area contributed by atoms with Gasteiger partial charge < -0.3 is 16.8 Å². The lowest BCUT2D eigenvalue weighted by Crippen LogP contribution is -2.10. The van der Waals surface area contributed by atoms with Gasteiger partial charge in [0.2, 0.25) is 0 Å². The van der Waals surface area contributed by atoms with Crippen LogP contribution in [-0.2, 0) is 6.54 Å². The molecule has 16 heavy (non-hydrogen) atoms. The second-order valence-electron chi connectivity index (χ2n) is 3.22. The van der Waals surface area contributed by atoms with Crippen LogP contribution in [0.25, 0.3) is 0 Å². The average Bonchev–Trinajstić information content (AvgIpc) is 2.83. The highest BCUT2D eigenvalue weighted by Crippen LogP contribution is 2.28. The molecule has 0 aliphatic heterocycles. The van der Waals surface area contributed by atoms with Crippen molar-refractivity contribution in [2.24, 2.45) is 5.73 Å². The van der Waals surface area contributed by atoms with Crippen molar-refractivity contribution >= 4 is 27.9 Å². The van der Waals surface area contributed by atoms with Crippen molar-refractivity contribution in [3.63, 3.8) is 0 Å². The third-order valence-electron chi connectivity index (χ3n) is 2.01. The number of rotatable bonds is 4. The van der Waals surface area contributed by atoms with Gasteiger partial charge >= 0.3 is 0 Å². The molecule has 0 fully saturated rings. The zero-order valence-electron chi connectivity index (χ0n) is 8.36. The van der Waals surface area contributed by atoms with Gasteiger partial charge in [0.1, 0.15) is 4.88 Å². The maximum atomic E-state index is 11.0. The molecule has 7 heteroatoms. The molecule has 2 aromatic rings. The quantitative estimate of drug-likeness (QED) is 0.629. The van der Waals surface area contributed by atoms with Crippen molar-refractivity contribution in [2.45, 2.75) is 6.54 Å². The maximum Gasteiger partial charge on any atom is 0.260 e. The van der Waals surface area contributed by atoms with Crippen LogP contribution in [0.5, 0.6) is 0 Å². The Morgan fingerprint density at radius 2 is 2.44 bits per heavy atom. The molecule has 84 valence electrons. The Kier molecular flexibility index (Phi) is 2.78. The minimum atomic E-state index is -0.501. The summed E-state index contributed by atoms with van der Waals surface area (Å²) in [6.07, 6.45) is 3.51. The van der Waals surface area contributed by atoms with Crippen LogP contribution in [0.1, 0.15) is 15.2 Å². The molecule has 1 amide bonds. The number of hydrogen-bond donors (Lipinski definition) is 4. The topological polar surface area (TPSA) is 110 Å². The average molecular weight is 237 g/mol. The van der Waals surface area contributed by atoms with Crippen molar-refractivity contribution < 1.29 is 4.79 Å². The summed E-state index contributed by atoms with van der Waals surface area (Å²) in [6, 6.07) is 1.70. The van der Waals surface area contributed by atoms with Gasteiger partial charge in [-0.15, -0.1) is 11.3 Å². The van der Waals surface area contributed by atoms with Crippen molar-refractivity contribution in [3.8, 4) is 0 Å². The third-order valence-corrected chi connectivity index (χ3v) is 3.13. The standard InChI is InChI=1S/C9H11N5OS/c10-6-1-7(16-8(6)9(11)15)12-2-5-3-13-14-4-5/h1,3-4,12H,2,10H2,(H2,11,15)(H,13,14). The maximum absolute atomic E-state index is 11.0. The molecular weight excluding hydrogens is 226 g/mol. The number of nitrogens with two attached hydrogens (primary N) is 2. The highest BCUT2D eigenvalue weighted by molar-refractivity contribution is 7.18. The number of amides is 1. The van der Waals surface area contributed by atoms with Crippen LogP contribution in [0, 0.1) is 0 Å². The van der Waals surface area contributed by atoms with E-state index in [1.165, 1.54) is 11.3 Å². The molecule has 0 aromatic carbocycles. The Morgan fingerprint density at radius 3 is 3.00 bits per heavy atom. The fourth-order valence-electron chi connectivity index (χ4n) is 1.25. The van der Waals surface area contributed by atoms with Gasteiger partial charge in [0.05, 0.1) is 16.9 Å². The lowest BCUT2D eigenvalue weighted by Gasteiger charge is -1.99. The Bertz CT molecular complexity index is 490. The van der Waals surface area contributed by atoms with Crippen molar-refractivity contribution in [1.29, 1.82) is 0 Å². The summed E-state index contributed by atoms with van der Waals surface area (Å²) in [5.41, 5.74) is 12.2. The Balaban J connectivity index is 2.05. The zero-order chi connectivity index (χ0) is 11.5. The number of anilines is 2. The first kappa shape index (κ1) is 10.5. The second-order valence-corrected chi connectivity index (χ2v) is 4.27. The van der Waals surface area contributed by atoms with E-state index >= 15 is 0 Å². The summed E-state index contributed by atoms with van der Waals surface area (Å²) >= 11 is 1.25. The minimum Gasteiger partial charge on any atom is -0.397 e. The molecule has 6 nitrogen and oxygen atoms in total. The van der Waals surface area contributed by atoms with E-state index in [1.54, 1.807) is 18.5 Å². The number of thiophene rings is 1. The number of nitrogens with zero attached hydrogens (tertiary/aromatic N) is 1. The van der Waals surface area contributed by atoms with Crippen LogP contribution >= 0.6 is 11.3 Å². The van der Waals surface area contributed by atoms with Gasteiger partial charge in [0.25, 0.3) is 5.91 Å². The van der Waals surface area contributed by atoms with E-state index in [-0.39, 0.29) is 0 Å². The third kappa shape index (κ3) is 2.14. The normalized spacial score (nSPS) is 10.2. The lowest BCUT2D eigenvalue weighted by atomic mass is 10.3. The molecule has 0 bridgehead atoms. The first-order chi connectivity index (χ1) is 7.66. The SMILES string of the molecule is NC(=O)c1sc(NCc2cn[nH]c2)cc1N. The molecule has 0 saturated heterocycles. The first-order valence-electron chi connectivity index (χ1n) is 4.57. The predicted octanol–water partition coefficient (Wildman–Crippen LogP) is 0.764. The number of nitrogens with one attached hydrogen (secondary N) is 2. The van der Waals surface area contributed by atoms with Crippen LogP contribution in [0.15, 0.2) is 18.5 Å². The first-order valence-corrected chi connectivity index (χ1v) is 5.39. The fraction of sp³-hybridized carbons (Fsp3) is 0.111. The van der Waals surface area contributed by atoms with Crippen LogP contribution in [0.4, 0.5) is 10.7 Å². The van der Waals surface area contributed by atoms with E-state index in [9.17, 15) is 4.79 Å². The van der Waals surface area contributed by atoms with Gasteiger partial charge in [-0.25, -0.2) is 0 Å². The smallest absolute Gasteiger partial charge is 0.260 e. The van der Waals surface area contributed by atoms with Crippen LogP contribution < -0.4 is 16.8 Å². The number of hydrogen-bond acceptors (Lipinski definition) is 5. The number of carbonyl (C=O) groups excluding carboxylic acids is 1. The van der Waals surface area contributed by atoms with Crippen LogP contribution in [-0.4, -0.2) is 16.1 Å². The largest absolute Gasteiger partial charge is 0.397 e. The van der Waals surface area contributed by atoms with Gasteiger partial charge in [0.15, 0.2) is 0 Å². The van der Waals surface area contributed by atoms with E-state index in [0.717, 1.165) is 10.6 Å². The molecule has 0 aliphatic rings. The summed E-state index contributed by atoms with van der Waals surface area (Å²) in [4.78, 5) is 11.4. The molecule has 0 unspecified atom stereocenters. The zero-order valence-corrected chi connectivity index (χ0v) is 9.17. The molecular formula is C9H11N5OS. The molecule has 6 N–H and O–H groups in total. The summed E-state index contributed by atoms with van der Waals surface area (Å²) in [5, 5.41) is 10.5. The number of H-pyrrole nitrogens is 1. The van der Waals surface area contributed by atoms with Crippen molar-refractivity contribution in [3.05, 3.63) is 28.9 Å². The number of nitrogen functional groups attached to an aromatic ring is 1. The predicted molar refractivity (Wildman–Crippen MR) is 63.2 cm³/mol. The highest BCUT2D eigenvalue weighted by atomic mass is 32.1. The van der Waals surface area contributed by atoms with Gasteiger partial charge in [-0.3, -0.25) is 9.89 Å². The molecule has 2 rings (SSSR count). The number of aromatic nitrogens is 2. The van der Waals surface area contributed by atoms with E-state index in [1.807, 2.05) is 0 Å². The molecule has 0 aliphatic carbocycles. The Morgan fingerprint density at radius 1 is 1.62 bits per heavy atom. The Hall–Kier alpha value is -2.02. The molecule has 0 saturated carbocycles. The minimum absolute atomic E-state index is 0.384. The van der Waals surface area contributed by atoms with Crippen molar-refractivity contribution in [2.75, 3.05) is 11.1 Å². The molecule has 2 aromatic heterocycles. The van der Waals surface area contributed by atoms with Gasteiger partial charge in [0, 0.05) is 18.3 Å². The Labute approximate surface area is 95.6 Å². The van der Waals surface area contributed by atoms with Gasteiger partial charge in [-0.2, -0.15) is 5.10 Å². The van der Waals surface area contributed by atoms with Crippen LogP contribution in [0.2, 0.25) is 0 Å². The number of carbonyl (C=O) groups is 1. The van der Waals surface area contributed by atoms with E-state index in [4.69, 9.17) is 11.5 Å². The molecule has 0 atom stereocenters.